The van der Waals surface area contributed by atoms with Gasteiger partial charge in [-0.3, -0.25) is 19.7 Å². The molecule has 0 saturated heterocycles. The predicted molar refractivity (Wildman–Crippen MR) is 112 cm³/mol. The maximum absolute atomic E-state index is 12.8. The Hall–Kier alpha value is -4.21. The molecule has 0 spiro atoms. The van der Waals surface area contributed by atoms with Crippen molar-refractivity contribution < 1.29 is 24.0 Å². The molecule has 0 fully saturated rings. The zero-order valence-electron chi connectivity index (χ0n) is 16.6. The molecule has 1 heterocycles. The number of hydrogen-bond acceptors (Lipinski definition) is 7. The third-order valence-corrected chi connectivity index (χ3v) is 4.31. The number of esters is 1. The lowest BCUT2D eigenvalue weighted by molar-refractivity contribution is -0.384. The van der Waals surface area contributed by atoms with Crippen molar-refractivity contribution in [1.82, 2.24) is 4.57 Å². The molecule has 0 aliphatic heterocycles. The summed E-state index contributed by atoms with van der Waals surface area (Å²) in [6, 6.07) is 11.8. The van der Waals surface area contributed by atoms with Crippen LogP contribution < -0.4 is 15.6 Å². The number of anilines is 1. The van der Waals surface area contributed by atoms with Crippen molar-refractivity contribution in [3.05, 3.63) is 75.2 Å². The molecule has 10 heteroatoms. The summed E-state index contributed by atoms with van der Waals surface area (Å²) >= 11 is 0. The molecule has 31 heavy (non-hydrogen) atoms. The van der Waals surface area contributed by atoms with Crippen LogP contribution in [-0.4, -0.2) is 34.6 Å². The standard InChI is InChI=1S/C21H19N3O7/c1-2-30-20(26)13-31-18-5-3-4-17-16(18)10-11-23(21(17)27)12-19(25)22-14-6-8-15(9-7-14)24(28)29/h3-11H,2,12-13H2,1H3,(H,22,25). The Morgan fingerprint density at radius 2 is 1.84 bits per heavy atom. The lowest BCUT2D eigenvalue weighted by Gasteiger charge is -2.11. The molecule has 0 atom stereocenters. The second-order valence-electron chi connectivity index (χ2n) is 6.41. The molecule has 0 radical (unpaired) electrons. The Labute approximate surface area is 176 Å². The number of amides is 1. The van der Waals surface area contributed by atoms with Crippen molar-refractivity contribution in [3.8, 4) is 5.75 Å². The number of pyridine rings is 1. The van der Waals surface area contributed by atoms with Gasteiger partial charge in [-0.15, -0.1) is 0 Å². The second kappa shape index (κ2) is 9.53. The van der Waals surface area contributed by atoms with Crippen LogP contribution in [0.1, 0.15) is 6.92 Å². The van der Waals surface area contributed by atoms with Gasteiger partial charge in [0, 0.05) is 29.4 Å². The van der Waals surface area contributed by atoms with Crippen LogP contribution in [0.3, 0.4) is 0 Å². The minimum atomic E-state index is -0.537. The number of hydrogen-bond donors (Lipinski definition) is 1. The highest BCUT2D eigenvalue weighted by Gasteiger charge is 2.12. The van der Waals surface area contributed by atoms with Crippen LogP contribution in [0.5, 0.6) is 5.75 Å². The minimum Gasteiger partial charge on any atom is -0.481 e. The van der Waals surface area contributed by atoms with Gasteiger partial charge in [-0.05, 0) is 37.3 Å². The van der Waals surface area contributed by atoms with E-state index in [2.05, 4.69) is 5.32 Å². The van der Waals surface area contributed by atoms with Crippen LogP contribution in [0, 0.1) is 10.1 Å². The molecule has 1 amide bonds. The summed E-state index contributed by atoms with van der Waals surface area (Å²) in [5.41, 5.74) is -0.123. The number of nitro groups is 1. The Morgan fingerprint density at radius 3 is 2.52 bits per heavy atom. The van der Waals surface area contributed by atoms with E-state index < -0.39 is 22.4 Å². The fourth-order valence-electron chi connectivity index (χ4n) is 2.90. The molecule has 0 aliphatic rings. The first-order chi connectivity index (χ1) is 14.9. The second-order valence-corrected chi connectivity index (χ2v) is 6.41. The number of aromatic nitrogens is 1. The van der Waals surface area contributed by atoms with Crippen LogP contribution in [0.4, 0.5) is 11.4 Å². The van der Waals surface area contributed by atoms with E-state index in [0.29, 0.717) is 22.2 Å². The fraction of sp³-hybridized carbons (Fsp3) is 0.190. The normalized spacial score (nSPS) is 10.5. The van der Waals surface area contributed by atoms with Gasteiger partial charge in [0.05, 0.1) is 16.9 Å². The molecule has 3 aromatic rings. The summed E-state index contributed by atoms with van der Waals surface area (Å²) in [5, 5.41) is 14.1. The Kier molecular flexibility index (Phi) is 6.61. The topological polar surface area (TPSA) is 130 Å². The van der Waals surface area contributed by atoms with Crippen molar-refractivity contribution in [3.63, 3.8) is 0 Å². The number of carbonyl (C=O) groups is 2. The van der Waals surface area contributed by atoms with Crippen molar-refractivity contribution in [2.45, 2.75) is 13.5 Å². The number of fused-ring (bicyclic) bond motifs is 1. The summed E-state index contributed by atoms with van der Waals surface area (Å²) in [6.45, 7) is 1.40. The van der Waals surface area contributed by atoms with Gasteiger partial charge >= 0.3 is 5.97 Å². The summed E-state index contributed by atoms with van der Waals surface area (Å²) in [4.78, 5) is 46.8. The summed E-state index contributed by atoms with van der Waals surface area (Å²) < 4.78 is 11.5. The molecule has 1 N–H and O–H groups in total. The van der Waals surface area contributed by atoms with Crippen LogP contribution >= 0.6 is 0 Å². The molecule has 0 saturated carbocycles. The smallest absolute Gasteiger partial charge is 0.344 e. The van der Waals surface area contributed by atoms with Gasteiger partial charge in [0.2, 0.25) is 5.91 Å². The molecule has 3 rings (SSSR count). The van der Waals surface area contributed by atoms with Crippen molar-refractivity contribution in [2.24, 2.45) is 0 Å². The van der Waals surface area contributed by atoms with Gasteiger partial charge in [-0.1, -0.05) is 6.07 Å². The third kappa shape index (κ3) is 5.24. The molecular formula is C21H19N3O7. The van der Waals surface area contributed by atoms with Gasteiger partial charge in [0.15, 0.2) is 6.61 Å². The first-order valence-electron chi connectivity index (χ1n) is 9.34. The van der Waals surface area contributed by atoms with E-state index in [1.807, 2.05) is 0 Å². The number of carbonyl (C=O) groups excluding carboxylic acids is 2. The summed E-state index contributed by atoms with van der Waals surface area (Å²) in [7, 11) is 0. The predicted octanol–water partition coefficient (Wildman–Crippen LogP) is 2.49. The number of nitrogens with zero attached hydrogens (tertiary/aromatic N) is 2. The van der Waals surface area contributed by atoms with Crippen LogP contribution in [0.15, 0.2) is 59.5 Å². The Balaban J connectivity index is 1.75. The molecule has 0 bridgehead atoms. The number of benzene rings is 2. The average Bonchev–Trinajstić information content (AvgIpc) is 2.75. The molecule has 1 aromatic heterocycles. The van der Waals surface area contributed by atoms with Gasteiger partial charge in [-0.2, -0.15) is 0 Å². The van der Waals surface area contributed by atoms with Crippen molar-refractivity contribution in [1.29, 1.82) is 0 Å². The molecule has 160 valence electrons. The number of non-ortho nitro benzene ring substituents is 1. The Bertz CT molecular complexity index is 1190. The van der Waals surface area contributed by atoms with Crippen molar-refractivity contribution in [2.75, 3.05) is 18.5 Å². The van der Waals surface area contributed by atoms with E-state index in [1.54, 1.807) is 31.2 Å². The fourth-order valence-corrected chi connectivity index (χ4v) is 2.90. The van der Waals surface area contributed by atoms with Crippen LogP contribution in [0.25, 0.3) is 10.8 Å². The van der Waals surface area contributed by atoms with Crippen LogP contribution in [-0.2, 0) is 20.9 Å². The van der Waals surface area contributed by atoms with Crippen LogP contribution in [0.2, 0.25) is 0 Å². The highest BCUT2D eigenvalue weighted by atomic mass is 16.6. The largest absolute Gasteiger partial charge is 0.481 e. The third-order valence-electron chi connectivity index (χ3n) is 4.31. The van der Waals surface area contributed by atoms with E-state index in [4.69, 9.17) is 9.47 Å². The lowest BCUT2D eigenvalue weighted by Crippen LogP contribution is -2.27. The molecule has 0 aliphatic carbocycles. The molecule has 2 aromatic carbocycles. The maximum atomic E-state index is 12.8. The zero-order chi connectivity index (χ0) is 22.4. The number of rotatable bonds is 8. The van der Waals surface area contributed by atoms with Gasteiger partial charge < -0.3 is 19.4 Å². The number of ether oxygens (including phenoxy) is 2. The quantitative estimate of drug-likeness (QED) is 0.333. The molecule has 10 nitrogen and oxygen atoms in total. The number of nitro benzene ring substituents is 1. The maximum Gasteiger partial charge on any atom is 0.344 e. The monoisotopic (exact) mass is 425 g/mol. The molecule has 0 unspecified atom stereocenters. The van der Waals surface area contributed by atoms with E-state index in [1.165, 1.54) is 35.0 Å². The lowest BCUT2D eigenvalue weighted by atomic mass is 10.1. The zero-order valence-corrected chi connectivity index (χ0v) is 16.6. The van der Waals surface area contributed by atoms with E-state index in [-0.39, 0.29) is 25.4 Å². The van der Waals surface area contributed by atoms with Crippen molar-refractivity contribution >= 4 is 34.0 Å². The number of nitrogens with one attached hydrogen (secondary N) is 1. The highest BCUT2D eigenvalue weighted by molar-refractivity contribution is 5.91. The van der Waals surface area contributed by atoms with Gasteiger partial charge in [0.1, 0.15) is 12.3 Å². The summed E-state index contributed by atoms with van der Waals surface area (Å²) in [5.74, 6) is -0.633. The van der Waals surface area contributed by atoms with E-state index in [9.17, 15) is 24.5 Å². The first kappa shape index (κ1) is 21.5. The van der Waals surface area contributed by atoms with Gasteiger partial charge in [0.25, 0.3) is 11.2 Å². The Morgan fingerprint density at radius 1 is 1.10 bits per heavy atom. The first-order valence-corrected chi connectivity index (χ1v) is 9.34. The highest BCUT2D eigenvalue weighted by Crippen LogP contribution is 2.23. The molecular weight excluding hydrogens is 406 g/mol. The van der Waals surface area contributed by atoms with E-state index in [0.717, 1.165) is 0 Å². The average molecular weight is 425 g/mol. The van der Waals surface area contributed by atoms with Gasteiger partial charge in [-0.25, -0.2) is 4.79 Å². The van der Waals surface area contributed by atoms with E-state index >= 15 is 0 Å². The SMILES string of the molecule is CCOC(=O)COc1cccc2c(=O)n(CC(=O)Nc3ccc([N+](=O)[O-])cc3)ccc12. The minimum absolute atomic E-state index is 0.0928. The summed E-state index contributed by atoms with van der Waals surface area (Å²) in [6.07, 6.45) is 1.46.